The first kappa shape index (κ1) is 22.9. The van der Waals surface area contributed by atoms with Crippen molar-refractivity contribution in [3.05, 3.63) is 72.1 Å². The highest BCUT2D eigenvalue weighted by Crippen LogP contribution is 2.20. The maximum Gasteiger partial charge on any atom is 0.242 e. The zero-order chi connectivity index (χ0) is 23.9. The van der Waals surface area contributed by atoms with E-state index in [-0.39, 0.29) is 24.2 Å². The molecule has 0 saturated heterocycles. The van der Waals surface area contributed by atoms with Gasteiger partial charge in [0.1, 0.15) is 6.04 Å². The van der Waals surface area contributed by atoms with E-state index in [1.165, 1.54) is 0 Å². The van der Waals surface area contributed by atoms with Crippen LogP contribution in [0.3, 0.4) is 0 Å². The van der Waals surface area contributed by atoms with Crippen molar-refractivity contribution in [1.82, 2.24) is 25.9 Å². The monoisotopic (exact) mass is 459 g/mol. The van der Waals surface area contributed by atoms with Gasteiger partial charge in [-0.25, -0.2) is 0 Å². The summed E-state index contributed by atoms with van der Waals surface area (Å²) in [6, 6.07) is 15.0. The highest BCUT2D eigenvalue weighted by Gasteiger charge is 2.23. The molecule has 1 unspecified atom stereocenters. The van der Waals surface area contributed by atoms with E-state index in [1.54, 1.807) is 0 Å². The molecule has 0 aliphatic rings. The van der Waals surface area contributed by atoms with Gasteiger partial charge in [-0.05, 0) is 29.7 Å². The smallest absolute Gasteiger partial charge is 0.242 e. The average molecular weight is 460 g/mol. The Morgan fingerprint density at radius 2 is 1.47 bits per heavy atom. The number of rotatable bonds is 10. The van der Waals surface area contributed by atoms with Crippen molar-refractivity contribution >= 4 is 39.6 Å². The van der Waals surface area contributed by atoms with Gasteiger partial charge < -0.3 is 31.7 Å². The predicted octanol–water partition coefficient (Wildman–Crippen LogP) is 1.91. The van der Waals surface area contributed by atoms with Gasteiger partial charge in [-0.3, -0.25) is 15.0 Å². The Labute approximate surface area is 197 Å². The average Bonchev–Trinajstić information content (AvgIpc) is 3.42. The first-order chi connectivity index (χ1) is 16.5. The second-order valence-electron chi connectivity index (χ2n) is 8.21. The fourth-order valence-electron chi connectivity index (χ4n) is 4.07. The number of hydrogen-bond donors (Lipinski definition) is 7. The molecule has 0 saturated carbocycles. The van der Waals surface area contributed by atoms with Crippen LogP contribution >= 0.6 is 0 Å². The van der Waals surface area contributed by atoms with Crippen molar-refractivity contribution in [2.24, 2.45) is 5.73 Å². The van der Waals surface area contributed by atoms with E-state index in [0.717, 1.165) is 32.9 Å². The molecule has 176 valence electrons. The summed E-state index contributed by atoms with van der Waals surface area (Å²) in [4.78, 5) is 32.4. The number of aromatic nitrogens is 2. The van der Waals surface area contributed by atoms with Gasteiger partial charge in [-0.1, -0.05) is 36.4 Å². The van der Waals surface area contributed by atoms with Crippen LogP contribution in [-0.2, 0) is 22.4 Å². The van der Waals surface area contributed by atoms with E-state index < -0.39 is 6.04 Å². The van der Waals surface area contributed by atoms with Gasteiger partial charge in [0.15, 0.2) is 5.96 Å². The molecule has 0 radical (unpaired) electrons. The van der Waals surface area contributed by atoms with Crippen LogP contribution in [0.15, 0.2) is 60.9 Å². The summed E-state index contributed by atoms with van der Waals surface area (Å²) in [6.45, 7) is 0.886. The molecule has 9 nitrogen and oxygen atoms in total. The fourth-order valence-corrected chi connectivity index (χ4v) is 4.07. The lowest BCUT2D eigenvalue weighted by Crippen LogP contribution is -2.49. The van der Waals surface area contributed by atoms with Crippen molar-refractivity contribution in [2.75, 3.05) is 13.1 Å². The van der Waals surface area contributed by atoms with Gasteiger partial charge in [0.2, 0.25) is 11.8 Å². The van der Waals surface area contributed by atoms with Crippen LogP contribution in [0.5, 0.6) is 0 Å². The molecular formula is C25H29N7O2. The number of fused-ring (bicyclic) bond motifs is 2. The van der Waals surface area contributed by atoms with Crippen LogP contribution in [0.25, 0.3) is 21.8 Å². The van der Waals surface area contributed by atoms with Gasteiger partial charge in [-0.2, -0.15) is 0 Å². The Morgan fingerprint density at radius 3 is 2.15 bits per heavy atom. The number of hydrogen-bond acceptors (Lipinski definition) is 3. The summed E-state index contributed by atoms with van der Waals surface area (Å²) in [6.07, 6.45) is 4.86. The van der Waals surface area contributed by atoms with Gasteiger partial charge in [0.25, 0.3) is 0 Å². The Balaban J connectivity index is 1.45. The topological polar surface area (TPSA) is 152 Å². The predicted molar refractivity (Wildman–Crippen MR) is 133 cm³/mol. The molecule has 0 spiro atoms. The third-order valence-electron chi connectivity index (χ3n) is 5.74. The summed E-state index contributed by atoms with van der Waals surface area (Å²) in [5.74, 6) is -0.573. The molecule has 0 bridgehead atoms. The van der Waals surface area contributed by atoms with E-state index in [0.29, 0.717) is 25.9 Å². The van der Waals surface area contributed by atoms with Crippen molar-refractivity contribution in [2.45, 2.75) is 25.3 Å². The van der Waals surface area contributed by atoms with E-state index in [1.807, 2.05) is 60.9 Å². The molecule has 1 atom stereocenters. The van der Waals surface area contributed by atoms with Gasteiger partial charge in [0.05, 0.1) is 6.42 Å². The zero-order valence-electron chi connectivity index (χ0n) is 18.8. The van der Waals surface area contributed by atoms with Crippen LogP contribution in [0.1, 0.15) is 17.5 Å². The first-order valence-electron chi connectivity index (χ1n) is 11.3. The van der Waals surface area contributed by atoms with Crippen LogP contribution < -0.4 is 21.7 Å². The number of benzene rings is 2. The van der Waals surface area contributed by atoms with Crippen LogP contribution in [0.4, 0.5) is 0 Å². The number of carbonyl (C=O) groups is 2. The summed E-state index contributed by atoms with van der Waals surface area (Å²) in [7, 11) is 0. The molecule has 2 heterocycles. The van der Waals surface area contributed by atoms with E-state index in [4.69, 9.17) is 11.1 Å². The molecule has 9 heteroatoms. The molecule has 0 aliphatic heterocycles. The Hall–Kier alpha value is -4.27. The van der Waals surface area contributed by atoms with Gasteiger partial charge in [0, 0.05) is 53.7 Å². The number of amides is 2. The third kappa shape index (κ3) is 5.55. The normalized spacial score (nSPS) is 11.9. The standard InChI is InChI=1S/C25H29N7O2/c26-25(27)29-11-5-10-28-24(34)22(12-16-14-30-20-8-3-1-6-18(16)20)32-23(33)13-17-15-31-21-9-4-2-7-19(17)21/h1-4,6-9,14-15,22,30-31H,5,10-13H2,(H,28,34)(H,32,33)(H4,26,27,29). The Kier molecular flexibility index (Phi) is 7.12. The first-order valence-corrected chi connectivity index (χ1v) is 11.3. The molecule has 8 N–H and O–H groups in total. The van der Waals surface area contributed by atoms with E-state index >= 15 is 0 Å². The quantitative estimate of drug-likeness (QED) is 0.110. The third-order valence-corrected chi connectivity index (χ3v) is 5.74. The fraction of sp³-hybridized carbons (Fsp3) is 0.240. The summed E-state index contributed by atoms with van der Waals surface area (Å²) >= 11 is 0. The van der Waals surface area contributed by atoms with E-state index in [2.05, 4.69) is 25.9 Å². The molecule has 2 aromatic heterocycles. The second-order valence-corrected chi connectivity index (χ2v) is 8.21. The SMILES string of the molecule is N=C(N)NCCCNC(=O)C(Cc1c[nH]c2ccccc12)NC(=O)Cc1c[nH]c2ccccc12. The zero-order valence-corrected chi connectivity index (χ0v) is 18.8. The summed E-state index contributed by atoms with van der Waals surface area (Å²) in [5, 5.41) is 17.7. The minimum absolute atomic E-state index is 0.104. The number of carbonyl (C=O) groups excluding carboxylic acids is 2. The van der Waals surface area contributed by atoms with Crippen LogP contribution in [0.2, 0.25) is 0 Å². The highest BCUT2D eigenvalue weighted by atomic mass is 16.2. The van der Waals surface area contributed by atoms with E-state index in [9.17, 15) is 9.59 Å². The summed E-state index contributed by atoms with van der Waals surface area (Å²) < 4.78 is 0. The van der Waals surface area contributed by atoms with Crippen molar-refractivity contribution in [3.63, 3.8) is 0 Å². The minimum atomic E-state index is -0.724. The minimum Gasteiger partial charge on any atom is -0.370 e. The lowest BCUT2D eigenvalue weighted by Gasteiger charge is -2.18. The van der Waals surface area contributed by atoms with Gasteiger partial charge >= 0.3 is 0 Å². The number of para-hydroxylation sites is 2. The number of aromatic amines is 2. The number of nitrogens with one attached hydrogen (secondary N) is 6. The lowest BCUT2D eigenvalue weighted by molar-refractivity contribution is -0.128. The van der Waals surface area contributed by atoms with Crippen molar-refractivity contribution in [3.8, 4) is 0 Å². The molecule has 4 aromatic rings. The lowest BCUT2D eigenvalue weighted by atomic mass is 10.0. The number of nitrogens with two attached hydrogens (primary N) is 1. The molecule has 34 heavy (non-hydrogen) atoms. The van der Waals surface area contributed by atoms with Crippen molar-refractivity contribution in [1.29, 1.82) is 5.41 Å². The van der Waals surface area contributed by atoms with Crippen LogP contribution in [0, 0.1) is 5.41 Å². The van der Waals surface area contributed by atoms with Crippen molar-refractivity contribution < 1.29 is 9.59 Å². The number of guanidine groups is 1. The molecule has 2 amide bonds. The highest BCUT2D eigenvalue weighted by molar-refractivity contribution is 5.92. The number of H-pyrrole nitrogens is 2. The molecule has 0 fully saturated rings. The maximum atomic E-state index is 13.0. The van der Waals surface area contributed by atoms with Crippen LogP contribution in [-0.4, -0.2) is 46.9 Å². The maximum absolute atomic E-state index is 13.0. The molecular weight excluding hydrogens is 430 g/mol. The molecule has 4 rings (SSSR count). The van der Waals surface area contributed by atoms with Gasteiger partial charge in [-0.15, -0.1) is 0 Å². The Bertz CT molecular complexity index is 1310. The Morgan fingerprint density at radius 1 is 0.882 bits per heavy atom. The molecule has 2 aromatic carbocycles. The molecule has 0 aliphatic carbocycles. The summed E-state index contributed by atoms with van der Waals surface area (Å²) in [5.41, 5.74) is 9.08. The second kappa shape index (κ2) is 10.6. The largest absolute Gasteiger partial charge is 0.370 e.